The van der Waals surface area contributed by atoms with E-state index in [0.29, 0.717) is 23.7 Å². The van der Waals surface area contributed by atoms with Crippen LogP contribution in [0.2, 0.25) is 5.02 Å². The highest BCUT2D eigenvalue weighted by Gasteiger charge is 2.20. The first-order valence-electron chi connectivity index (χ1n) is 8.29. The van der Waals surface area contributed by atoms with E-state index in [9.17, 15) is 14.4 Å². The van der Waals surface area contributed by atoms with Gasteiger partial charge in [-0.2, -0.15) is 0 Å². The molecular weight excluding hydrogens is 362 g/mol. The van der Waals surface area contributed by atoms with E-state index in [0.717, 1.165) is 12.8 Å². The Morgan fingerprint density at radius 1 is 1.31 bits per heavy atom. The Balaban J connectivity index is 1.79. The van der Waals surface area contributed by atoms with Gasteiger partial charge in [0.1, 0.15) is 0 Å². The summed E-state index contributed by atoms with van der Waals surface area (Å²) >= 11 is 5.83. The molecule has 1 aliphatic rings. The van der Waals surface area contributed by atoms with Crippen molar-refractivity contribution in [3.8, 4) is 0 Å². The van der Waals surface area contributed by atoms with Gasteiger partial charge in [0.25, 0.3) is 5.91 Å². The van der Waals surface area contributed by atoms with E-state index in [1.807, 2.05) is 0 Å². The maximum atomic E-state index is 12.0. The number of urea groups is 1. The maximum Gasteiger partial charge on any atom is 0.312 e. The highest BCUT2D eigenvalue weighted by atomic mass is 35.5. The van der Waals surface area contributed by atoms with Crippen molar-refractivity contribution in [1.29, 1.82) is 0 Å². The number of ether oxygens (including phenoxy) is 2. The van der Waals surface area contributed by atoms with Crippen molar-refractivity contribution in [1.82, 2.24) is 10.6 Å². The topological polar surface area (TPSA) is 120 Å². The van der Waals surface area contributed by atoms with Crippen molar-refractivity contribution in [3.63, 3.8) is 0 Å². The fraction of sp³-hybridized carbons (Fsp3) is 0.471. The van der Waals surface area contributed by atoms with Gasteiger partial charge in [0, 0.05) is 18.2 Å². The molecule has 0 aliphatic carbocycles. The molecule has 1 aliphatic heterocycles. The highest BCUT2D eigenvalue weighted by molar-refractivity contribution is 6.30. The molecule has 2 rings (SSSR count). The van der Waals surface area contributed by atoms with E-state index in [1.54, 1.807) is 24.3 Å². The average Bonchev–Trinajstić information content (AvgIpc) is 3.11. The summed E-state index contributed by atoms with van der Waals surface area (Å²) in [6.45, 7) is 0.705. The van der Waals surface area contributed by atoms with Gasteiger partial charge in [0.2, 0.25) is 0 Å². The van der Waals surface area contributed by atoms with Gasteiger partial charge in [-0.05, 0) is 30.5 Å². The molecule has 8 nitrogen and oxygen atoms in total. The van der Waals surface area contributed by atoms with Crippen molar-refractivity contribution < 1.29 is 23.9 Å². The van der Waals surface area contributed by atoms with Crippen LogP contribution in [0.5, 0.6) is 0 Å². The molecule has 142 valence electrons. The van der Waals surface area contributed by atoms with Crippen LogP contribution in [0, 0.1) is 0 Å². The molecule has 0 saturated carbocycles. The van der Waals surface area contributed by atoms with Gasteiger partial charge >= 0.3 is 12.0 Å². The third-order valence-electron chi connectivity index (χ3n) is 3.87. The Hall–Kier alpha value is -2.32. The van der Waals surface area contributed by atoms with E-state index < -0.39 is 30.6 Å². The zero-order valence-electron chi connectivity index (χ0n) is 14.2. The minimum absolute atomic E-state index is 0.0173. The molecule has 0 radical (unpaired) electrons. The second-order valence-electron chi connectivity index (χ2n) is 5.92. The van der Waals surface area contributed by atoms with Crippen LogP contribution < -0.4 is 16.4 Å². The molecule has 4 N–H and O–H groups in total. The zero-order chi connectivity index (χ0) is 18.9. The Labute approximate surface area is 156 Å². The Kier molecular flexibility index (Phi) is 7.68. The molecule has 3 amide bonds. The zero-order valence-corrected chi connectivity index (χ0v) is 15.0. The van der Waals surface area contributed by atoms with Crippen molar-refractivity contribution in [2.24, 2.45) is 5.73 Å². The molecule has 0 bridgehead atoms. The van der Waals surface area contributed by atoms with E-state index in [1.165, 1.54) is 0 Å². The lowest BCUT2D eigenvalue weighted by atomic mass is 10.0. The van der Waals surface area contributed by atoms with Crippen LogP contribution in [0.1, 0.15) is 30.9 Å². The Morgan fingerprint density at radius 3 is 2.65 bits per heavy atom. The molecule has 0 spiro atoms. The average molecular weight is 384 g/mol. The summed E-state index contributed by atoms with van der Waals surface area (Å²) in [4.78, 5) is 34.9. The van der Waals surface area contributed by atoms with E-state index in [-0.39, 0.29) is 12.5 Å². The molecule has 0 aromatic heterocycles. The van der Waals surface area contributed by atoms with Gasteiger partial charge < -0.3 is 25.8 Å². The number of carbonyl (C=O) groups is 3. The SMILES string of the molecule is NC(=O)NC(CC(=O)OCC(=O)NCC1CCCO1)c1ccc(Cl)cc1. The number of amides is 3. The summed E-state index contributed by atoms with van der Waals surface area (Å²) in [7, 11) is 0. The predicted octanol–water partition coefficient (Wildman–Crippen LogP) is 1.28. The summed E-state index contributed by atoms with van der Waals surface area (Å²) < 4.78 is 10.4. The summed E-state index contributed by atoms with van der Waals surface area (Å²) in [5, 5.41) is 5.66. The Morgan fingerprint density at radius 2 is 2.04 bits per heavy atom. The molecule has 2 atom stereocenters. The van der Waals surface area contributed by atoms with Crippen LogP contribution in [-0.2, 0) is 19.1 Å². The third kappa shape index (κ3) is 6.89. The first-order chi connectivity index (χ1) is 12.4. The number of benzene rings is 1. The van der Waals surface area contributed by atoms with E-state index in [4.69, 9.17) is 26.8 Å². The lowest BCUT2D eigenvalue weighted by Gasteiger charge is -2.17. The van der Waals surface area contributed by atoms with Gasteiger partial charge in [-0.15, -0.1) is 0 Å². The monoisotopic (exact) mass is 383 g/mol. The van der Waals surface area contributed by atoms with Gasteiger partial charge in [0.15, 0.2) is 6.61 Å². The molecule has 2 unspecified atom stereocenters. The van der Waals surface area contributed by atoms with Crippen molar-refractivity contribution >= 4 is 29.5 Å². The standard InChI is InChI=1S/C17H22ClN3O5/c18-12-5-3-11(4-6-12)14(21-17(19)24)8-16(23)26-10-15(22)20-9-13-2-1-7-25-13/h3-6,13-14H,1-2,7-10H2,(H,20,22)(H3,19,21,24). The molecule has 26 heavy (non-hydrogen) atoms. The fourth-order valence-corrected chi connectivity index (χ4v) is 2.70. The van der Waals surface area contributed by atoms with Crippen LogP contribution in [0.25, 0.3) is 0 Å². The van der Waals surface area contributed by atoms with Crippen molar-refractivity contribution in [2.45, 2.75) is 31.4 Å². The summed E-state index contributed by atoms with van der Waals surface area (Å²) in [5.74, 6) is -1.04. The molecular formula is C17H22ClN3O5. The number of primary amides is 1. The minimum Gasteiger partial charge on any atom is -0.456 e. The third-order valence-corrected chi connectivity index (χ3v) is 4.13. The maximum absolute atomic E-state index is 12.0. The number of rotatable bonds is 8. The van der Waals surface area contributed by atoms with Gasteiger partial charge in [-0.1, -0.05) is 23.7 Å². The van der Waals surface area contributed by atoms with Gasteiger partial charge in [-0.3, -0.25) is 9.59 Å². The summed E-state index contributed by atoms with van der Waals surface area (Å²) in [6, 6.07) is 5.17. The van der Waals surface area contributed by atoms with Crippen LogP contribution in [-0.4, -0.2) is 43.8 Å². The normalized spacial score (nSPS) is 17.3. The minimum atomic E-state index is -0.771. The lowest BCUT2D eigenvalue weighted by Crippen LogP contribution is -2.36. The molecule has 1 saturated heterocycles. The van der Waals surface area contributed by atoms with Crippen LogP contribution >= 0.6 is 11.6 Å². The number of carbonyl (C=O) groups excluding carboxylic acids is 3. The number of hydrogen-bond acceptors (Lipinski definition) is 5. The van der Waals surface area contributed by atoms with Gasteiger partial charge in [0.05, 0.1) is 18.6 Å². The van der Waals surface area contributed by atoms with E-state index in [2.05, 4.69) is 10.6 Å². The Bertz CT molecular complexity index is 632. The fourth-order valence-electron chi connectivity index (χ4n) is 2.57. The lowest BCUT2D eigenvalue weighted by molar-refractivity contribution is -0.149. The van der Waals surface area contributed by atoms with Crippen LogP contribution in [0.15, 0.2) is 24.3 Å². The molecule has 1 heterocycles. The first kappa shape index (κ1) is 20.0. The summed E-state index contributed by atoms with van der Waals surface area (Å²) in [6.07, 6.45) is 1.74. The van der Waals surface area contributed by atoms with Crippen molar-refractivity contribution in [3.05, 3.63) is 34.9 Å². The smallest absolute Gasteiger partial charge is 0.312 e. The number of esters is 1. The quantitative estimate of drug-likeness (QED) is 0.584. The second-order valence-corrected chi connectivity index (χ2v) is 6.35. The first-order valence-corrected chi connectivity index (χ1v) is 8.67. The number of nitrogens with two attached hydrogens (primary N) is 1. The second kappa shape index (κ2) is 9.98. The van der Waals surface area contributed by atoms with E-state index >= 15 is 0 Å². The largest absolute Gasteiger partial charge is 0.456 e. The highest BCUT2D eigenvalue weighted by Crippen LogP contribution is 2.20. The van der Waals surface area contributed by atoms with Crippen LogP contribution in [0.4, 0.5) is 4.79 Å². The number of halogens is 1. The molecule has 1 aromatic carbocycles. The summed E-state index contributed by atoms with van der Waals surface area (Å²) in [5.41, 5.74) is 5.80. The number of hydrogen-bond donors (Lipinski definition) is 3. The predicted molar refractivity (Wildman–Crippen MR) is 94.5 cm³/mol. The van der Waals surface area contributed by atoms with Crippen LogP contribution in [0.3, 0.4) is 0 Å². The van der Waals surface area contributed by atoms with Gasteiger partial charge in [-0.25, -0.2) is 4.79 Å². The molecule has 1 fully saturated rings. The van der Waals surface area contributed by atoms with Crippen molar-refractivity contribution in [2.75, 3.05) is 19.8 Å². The number of nitrogens with one attached hydrogen (secondary N) is 2. The molecule has 1 aromatic rings. The molecule has 9 heteroatoms.